The number of rotatable bonds is 1. The van der Waals surface area contributed by atoms with Crippen molar-refractivity contribution in [3.63, 3.8) is 0 Å². The van der Waals surface area contributed by atoms with Crippen molar-refractivity contribution in [3.05, 3.63) is 29.3 Å². The van der Waals surface area contributed by atoms with Gasteiger partial charge in [0.15, 0.2) is 6.19 Å². The molecular weight excluding hydrogens is 300 g/mol. The lowest BCUT2D eigenvalue weighted by molar-refractivity contribution is -0.136. The fourth-order valence-corrected chi connectivity index (χ4v) is 5.67. The van der Waals surface area contributed by atoms with E-state index in [4.69, 9.17) is 4.74 Å². The molecule has 1 saturated carbocycles. The van der Waals surface area contributed by atoms with Crippen LogP contribution >= 0.6 is 0 Å². The molecule has 2 aliphatic carbocycles. The highest BCUT2D eigenvalue weighted by Gasteiger charge is 2.59. The van der Waals surface area contributed by atoms with Crippen molar-refractivity contribution in [1.82, 2.24) is 4.90 Å². The maximum Gasteiger partial charge on any atom is 0.179 e. The molecule has 4 rings (SSSR count). The summed E-state index contributed by atoms with van der Waals surface area (Å²) in [6.45, 7) is 5.02. The van der Waals surface area contributed by atoms with Crippen molar-refractivity contribution >= 4 is 5.78 Å². The minimum Gasteiger partial charge on any atom is -0.497 e. The topological polar surface area (TPSA) is 53.3 Å². The summed E-state index contributed by atoms with van der Waals surface area (Å²) >= 11 is 0. The average Bonchev–Trinajstić information content (AvgIpc) is 2.59. The Morgan fingerprint density at radius 3 is 2.88 bits per heavy atom. The Morgan fingerprint density at radius 1 is 1.38 bits per heavy atom. The molecule has 2 fully saturated rings. The summed E-state index contributed by atoms with van der Waals surface area (Å²) in [4.78, 5) is 14.7. The smallest absolute Gasteiger partial charge is 0.179 e. The predicted octanol–water partition coefficient (Wildman–Crippen LogP) is 2.91. The average molecular weight is 324 g/mol. The quantitative estimate of drug-likeness (QED) is 0.745. The molecule has 1 aromatic rings. The lowest BCUT2D eigenvalue weighted by atomic mass is 9.48. The van der Waals surface area contributed by atoms with E-state index in [2.05, 4.69) is 32.2 Å². The summed E-state index contributed by atoms with van der Waals surface area (Å²) in [7, 11) is 1.69. The zero-order valence-electron chi connectivity index (χ0n) is 14.6. The van der Waals surface area contributed by atoms with Crippen LogP contribution in [0.3, 0.4) is 0 Å². The summed E-state index contributed by atoms with van der Waals surface area (Å²) in [6.07, 6.45) is 4.80. The first kappa shape index (κ1) is 15.5. The van der Waals surface area contributed by atoms with Crippen molar-refractivity contribution < 1.29 is 9.53 Å². The molecule has 4 heteroatoms. The second-order valence-corrected chi connectivity index (χ2v) is 7.81. The number of ketones is 1. The second kappa shape index (κ2) is 5.24. The van der Waals surface area contributed by atoms with Gasteiger partial charge in [-0.1, -0.05) is 19.9 Å². The van der Waals surface area contributed by atoms with E-state index < -0.39 is 0 Å². The molecule has 24 heavy (non-hydrogen) atoms. The third kappa shape index (κ3) is 1.87. The molecule has 4 nitrogen and oxygen atoms in total. The molecule has 0 radical (unpaired) electrons. The number of hydrogen-bond donors (Lipinski definition) is 0. The molecule has 0 N–H and O–H groups in total. The van der Waals surface area contributed by atoms with Gasteiger partial charge in [0.25, 0.3) is 0 Å². The number of nitrogens with zero attached hydrogens (tertiary/aromatic N) is 2. The third-order valence-corrected chi connectivity index (χ3v) is 7.02. The number of piperidine rings is 1. The van der Waals surface area contributed by atoms with E-state index in [-0.39, 0.29) is 17.4 Å². The molecule has 0 unspecified atom stereocenters. The molecule has 1 saturated heterocycles. The fraction of sp³-hybridized carbons (Fsp3) is 0.600. The van der Waals surface area contributed by atoms with Crippen LogP contribution in [0.1, 0.15) is 37.8 Å². The number of carbonyl (C=O) groups excluding carboxylic acids is 1. The SMILES string of the molecule is COc1ccc2c(c1)[C@]13CCN(C#N)[C@H](C2)[C@@H]1[C@H](C)[C@@H](C)C(=O)C3. The molecule has 1 aliphatic heterocycles. The number of nitriles is 1. The minimum atomic E-state index is -0.122. The first-order valence-electron chi connectivity index (χ1n) is 8.88. The van der Waals surface area contributed by atoms with Gasteiger partial charge in [-0.05, 0) is 47.9 Å². The molecular formula is C20H24N2O2. The molecule has 3 aliphatic rings. The highest BCUT2D eigenvalue weighted by Crippen LogP contribution is 2.58. The Morgan fingerprint density at radius 2 is 2.17 bits per heavy atom. The summed E-state index contributed by atoms with van der Waals surface area (Å²) in [5.41, 5.74) is 2.46. The van der Waals surface area contributed by atoms with Gasteiger partial charge in [-0.2, -0.15) is 5.26 Å². The maximum absolute atomic E-state index is 12.8. The normalized spacial score (nSPS) is 37.2. The van der Waals surface area contributed by atoms with Crippen molar-refractivity contribution in [2.45, 2.75) is 44.6 Å². The molecule has 0 spiro atoms. The summed E-state index contributed by atoms with van der Waals surface area (Å²) in [6, 6.07) is 6.50. The van der Waals surface area contributed by atoms with Gasteiger partial charge in [-0.15, -0.1) is 0 Å². The zero-order valence-corrected chi connectivity index (χ0v) is 14.6. The molecule has 2 bridgehead atoms. The maximum atomic E-state index is 12.8. The van der Waals surface area contributed by atoms with E-state index in [0.717, 1.165) is 25.1 Å². The van der Waals surface area contributed by atoms with Crippen LogP contribution in [-0.4, -0.2) is 30.4 Å². The van der Waals surface area contributed by atoms with Gasteiger partial charge < -0.3 is 9.64 Å². The molecule has 126 valence electrons. The van der Waals surface area contributed by atoms with Gasteiger partial charge in [-0.25, -0.2) is 0 Å². The van der Waals surface area contributed by atoms with Crippen LogP contribution in [-0.2, 0) is 16.6 Å². The van der Waals surface area contributed by atoms with Crippen molar-refractivity contribution in [2.75, 3.05) is 13.7 Å². The molecule has 0 amide bonds. The summed E-state index contributed by atoms with van der Waals surface area (Å²) in [5, 5.41) is 9.61. The van der Waals surface area contributed by atoms with Crippen LogP contribution in [0.5, 0.6) is 5.75 Å². The van der Waals surface area contributed by atoms with Crippen molar-refractivity contribution in [2.24, 2.45) is 17.8 Å². The van der Waals surface area contributed by atoms with Gasteiger partial charge in [0.1, 0.15) is 11.5 Å². The van der Waals surface area contributed by atoms with Crippen molar-refractivity contribution in [1.29, 1.82) is 5.26 Å². The van der Waals surface area contributed by atoms with E-state index in [1.807, 2.05) is 11.0 Å². The number of ether oxygens (including phenoxy) is 1. The fourth-order valence-electron chi connectivity index (χ4n) is 5.67. The van der Waals surface area contributed by atoms with Crippen LogP contribution in [0.4, 0.5) is 0 Å². The lowest BCUT2D eigenvalue weighted by Gasteiger charge is -2.60. The Bertz CT molecular complexity index is 738. The van der Waals surface area contributed by atoms with E-state index in [1.165, 1.54) is 11.1 Å². The third-order valence-electron chi connectivity index (χ3n) is 7.02. The van der Waals surface area contributed by atoms with Gasteiger partial charge in [-0.3, -0.25) is 4.79 Å². The first-order chi connectivity index (χ1) is 11.5. The Labute approximate surface area is 143 Å². The Balaban J connectivity index is 1.93. The van der Waals surface area contributed by atoms with E-state index in [9.17, 15) is 10.1 Å². The van der Waals surface area contributed by atoms with Crippen LogP contribution in [0, 0.1) is 29.2 Å². The lowest BCUT2D eigenvalue weighted by Crippen LogP contribution is -2.64. The van der Waals surface area contributed by atoms with E-state index in [1.54, 1.807) is 7.11 Å². The van der Waals surface area contributed by atoms with Crippen molar-refractivity contribution in [3.8, 4) is 11.9 Å². The molecule has 1 aromatic carbocycles. The number of benzene rings is 1. The standard InChI is InChI=1S/C20H24N2O2/c1-12-13(2)19-17-8-14-4-5-15(24-3)9-16(14)20(19,10-18(12)23)6-7-22(17)11-21/h4-5,9,12-13,17,19H,6-8,10H2,1-3H3/t12-,13-,17-,19+,20-/m1/s1. The summed E-state index contributed by atoms with van der Waals surface area (Å²) in [5.74, 6) is 1.97. The highest BCUT2D eigenvalue weighted by atomic mass is 16.5. The molecule has 0 aromatic heterocycles. The molecule has 5 atom stereocenters. The van der Waals surface area contributed by atoms with Gasteiger partial charge in [0, 0.05) is 30.3 Å². The monoisotopic (exact) mass is 324 g/mol. The highest BCUT2D eigenvalue weighted by molar-refractivity contribution is 5.84. The minimum absolute atomic E-state index is 0.0800. The Kier molecular flexibility index (Phi) is 3.38. The van der Waals surface area contributed by atoms with Crippen LogP contribution in [0.25, 0.3) is 0 Å². The first-order valence-corrected chi connectivity index (χ1v) is 8.88. The molecule has 1 heterocycles. The predicted molar refractivity (Wildman–Crippen MR) is 90.5 cm³/mol. The van der Waals surface area contributed by atoms with Crippen LogP contribution < -0.4 is 4.74 Å². The zero-order chi connectivity index (χ0) is 17.1. The Hall–Kier alpha value is -2.02. The summed E-state index contributed by atoms with van der Waals surface area (Å²) < 4.78 is 5.46. The van der Waals surface area contributed by atoms with Gasteiger partial charge in [0.05, 0.1) is 7.11 Å². The number of carbonyl (C=O) groups is 1. The van der Waals surface area contributed by atoms with Crippen LogP contribution in [0.15, 0.2) is 18.2 Å². The largest absolute Gasteiger partial charge is 0.497 e. The number of hydrogen-bond acceptors (Lipinski definition) is 4. The van der Waals surface area contributed by atoms with E-state index >= 15 is 0 Å². The van der Waals surface area contributed by atoms with Gasteiger partial charge in [0.2, 0.25) is 0 Å². The number of Topliss-reactive ketones (excluding diaryl/α,β-unsaturated/α-hetero) is 1. The van der Waals surface area contributed by atoms with Gasteiger partial charge >= 0.3 is 0 Å². The number of fused-ring (bicyclic) bond motifs is 1. The number of methoxy groups -OCH3 is 1. The second-order valence-electron chi connectivity index (χ2n) is 7.81. The number of likely N-dealkylation sites (tertiary alicyclic amines) is 1. The van der Waals surface area contributed by atoms with Crippen LogP contribution in [0.2, 0.25) is 0 Å². The van der Waals surface area contributed by atoms with E-state index in [0.29, 0.717) is 24.0 Å².